The molecule has 1 aliphatic carbocycles. The molecule has 0 spiro atoms. The zero-order valence-corrected chi connectivity index (χ0v) is 11.5. The fourth-order valence-electron chi connectivity index (χ4n) is 3.26. The van der Waals surface area contributed by atoms with Gasteiger partial charge in [0.05, 0.1) is 0 Å². The first-order chi connectivity index (χ1) is 8.74. The van der Waals surface area contributed by atoms with Crippen molar-refractivity contribution in [2.75, 3.05) is 7.05 Å². The molecule has 0 radical (unpaired) electrons. The van der Waals surface area contributed by atoms with E-state index in [9.17, 15) is 0 Å². The maximum Gasteiger partial charge on any atom is 0.0309 e. The van der Waals surface area contributed by atoms with Gasteiger partial charge in [-0.1, -0.05) is 43.2 Å². The molecule has 1 saturated carbocycles. The van der Waals surface area contributed by atoms with Gasteiger partial charge < -0.3 is 11.1 Å². The summed E-state index contributed by atoms with van der Waals surface area (Å²) in [6.45, 7) is 0. The van der Waals surface area contributed by atoms with Gasteiger partial charge in [-0.15, -0.1) is 0 Å². The smallest absolute Gasteiger partial charge is 0.0309 e. The summed E-state index contributed by atoms with van der Waals surface area (Å²) >= 11 is 0. The van der Waals surface area contributed by atoms with Gasteiger partial charge in [0, 0.05) is 11.6 Å². The molecule has 0 aromatic heterocycles. The lowest BCUT2D eigenvalue weighted by molar-refractivity contribution is 0.207. The molecular weight excluding hydrogens is 220 g/mol. The number of aryl methyl sites for hydroxylation is 1. The third-order valence-corrected chi connectivity index (χ3v) is 4.38. The Balaban J connectivity index is 1.84. The van der Waals surface area contributed by atoms with Crippen molar-refractivity contribution in [2.24, 2.45) is 5.73 Å². The highest BCUT2D eigenvalue weighted by molar-refractivity contribution is 5.14. The molecule has 1 aliphatic rings. The second-order valence-corrected chi connectivity index (χ2v) is 5.66. The average molecular weight is 246 g/mol. The number of nitrogens with two attached hydrogens (primary N) is 1. The van der Waals surface area contributed by atoms with Gasteiger partial charge in [-0.05, 0) is 44.7 Å². The van der Waals surface area contributed by atoms with Gasteiger partial charge in [0.25, 0.3) is 0 Å². The van der Waals surface area contributed by atoms with Crippen molar-refractivity contribution >= 4 is 0 Å². The second-order valence-electron chi connectivity index (χ2n) is 5.66. The van der Waals surface area contributed by atoms with Gasteiger partial charge in [0.2, 0.25) is 0 Å². The lowest BCUT2D eigenvalue weighted by Crippen LogP contribution is -2.58. The monoisotopic (exact) mass is 246 g/mol. The first kappa shape index (κ1) is 13.6. The lowest BCUT2D eigenvalue weighted by Gasteiger charge is -2.41. The Morgan fingerprint density at radius 3 is 2.78 bits per heavy atom. The molecule has 2 heteroatoms. The van der Waals surface area contributed by atoms with Crippen molar-refractivity contribution in [1.29, 1.82) is 0 Å². The van der Waals surface area contributed by atoms with E-state index in [1.807, 2.05) is 0 Å². The molecule has 100 valence electrons. The van der Waals surface area contributed by atoms with Crippen molar-refractivity contribution in [3.8, 4) is 0 Å². The molecule has 2 rings (SSSR count). The van der Waals surface area contributed by atoms with Gasteiger partial charge in [-0.2, -0.15) is 0 Å². The van der Waals surface area contributed by atoms with Crippen molar-refractivity contribution in [3.63, 3.8) is 0 Å². The van der Waals surface area contributed by atoms with E-state index in [-0.39, 0.29) is 5.54 Å². The Hall–Kier alpha value is -0.860. The zero-order valence-electron chi connectivity index (χ0n) is 11.5. The molecule has 0 saturated heterocycles. The molecule has 2 nitrogen and oxygen atoms in total. The van der Waals surface area contributed by atoms with E-state index in [1.54, 1.807) is 0 Å². The molecule has 0 amide bonds. The summed E-state index contributed by atoms with van der Waals surface area (Å²) in [7, 11) is 2.05. The molecule has 1 aromatic rings. The van der Waals surface area contributed by atoms with E-state index in [2.05, 4.69) is 42.7 Å². The molecule has 0 heterocycles. The quantitative estimate of drug-likeness (QED) is 0.838. The van der Waals surface area contributed by atoms with E-state index in [1.165, 1.54) is 37.7 Å². The lowest BCUT2D eigenvalue weighted by atomic mass is 9.75. The Labute approximate surface area is 111 Å². The highest BCUT2D eigenvalue weighted by atomic mass is 15.0. The Morgan fingerprint density at radius 2 is 2.06 bits per heavy atom. The third kappa shape index (κ3) is 3.33. The first-order valence-corrected chi connectivity index (χ1v) is 7.25. The van der Waals surface area contributed by atoms with Gasteiger partial charge in [0.15, 0.2) is 0 Å². The fourth-order valence-corrected chi connectivity index (χ4v) is 3.26. The predicted molar refractivity (Wildman–Crippen MR) is 77.6 cm³/mol. The van der Waals surface area contributed by atoms with Crippen LogP contribution in [0.25, 0.3) is 0 Å². The van der Waals surface area contributed by atoms with Crippen LogP contribution in [0.15, 0.2) is 30.3 Å². The molecule has 18 heavy (non-hydrogen) atoms. The van der Waals surface area contributed by atoms with Gasteiger partial charge in [0.1, 0.15) is 0 Å². The minimum Gasteiger partial charge on any atom is -0.324 e. The fraction of sp³-hybridized carbons (Fsp3) is 0.625. The maximum absolute atomic E-state index is 6.62. The van der Waals surface area contributed by atoms with Crippen LogP contribution in [-0.4, -0.2) is 18.6 Å². The van der Waals surface area contributed by atoms with Crippen LogP contribution in [0.2, 0.25) is 0 Å². The van der Waals surface area contributed by atoms with E-state index >= 15 is 0 Å². The van der Waals surface area contributed by atoms with Gasteiger partial charge in [-0.25, -0.2) is 0 Å². The summed E-state index contributed by atoms with van der Waals surface area (Å²) in [6, 6.07) is 11.2. The van der Waals surface area contributed by atoms with E-state index < -0.39 is 0 Å². The van der Waals surface area contributed by atoms with Crippen LogP contribution in [-0.2, 0) is 6.42 Å². The zero-order chi connectivity index (χ0) is 12.8. The topological polar surface area (TPSA) is 38.0 Å². The number of nitrogens with one attached hydrogen (secondary N) is 1. The highest BCUT2D eigenvalue weighted by Crippen LogP contribution is 2.30. The van der Waals surface area contributed by atoms with Gasteiger partial charge in [-0.3, -0.25) is 0 Å². The Bertz CT molecular complexity index is 349. The number of rotatable bonds is 5. The predicted octanol–water partition coefficient (Wildman–Crippen LogP) is 2.87. The second kappa shape index (κ2) is 6.35. The number of hydrogen-bond acceptors (Lipinski definition) is 2. The molecule has 2 unspecified atom stereocenters. The molecule has 1 fully saturated rings. The van der Waals surface area contributed by atoms with Crippen molar-refractivity contribution in [3.05, 3.63) is 35.9 Å². The molecule has 0 aliphatic heterocycles. The van der Waals surface area contributed by atoms with E-state index in [0.717, 1.165) is 12.8 Å². The van der Waals surface area contributed by atoms with Crippen LogP contribution in [0.3, 0.4) is 0 Å². The average Bonchev–Trinajstić information content (AvgIpc) is 2.40. The Morgan fingerprint density at radius 1 is 1.28 bits per heavy atom. The summed E-state index contributed by atoms with van der Waals surface area (Å²) in [5, 5.41) is 3.42. The molecular formula is C16H26N2. The number of likely N-dealkylation sites (N-methyl/N-ethyl adjacent to an activating group) is 1. The summed E-state index contributed by atoms with van der Waals surface area (Å²) < 4.78 is 0. The van der Waals surface area contributed by atoms with Crippen LogP contribution in [0.5, 0.6) is 0 Å². The molecule has 0 bridgehead atoms. The summed E-state index contributed by atoms with van der Waals surface area (Å²) in [5.74, 6) is 0. The largest absolute Gasteiger partial charge is 0.324 e. The van der Waals surface area contributed by atoms with Crippen LogP contribution >= 0.6 is 0 Å². The summed E-state index contributed by atoms with van der Waals surface area (Å²) in [5.41, 5.74) is 8.06. The summed E-state index contributed by atoms with van der Waals surface area (Å²) in [6.07, 6.45) is 8.50. The van der Waals surface area contributed by atoms with Crippen molar-refractivity contribution < 1.29 is 0 Å². The molecule has 1 aromatic carbocycles. The molecule has 2 atom stereocenters. The van der Waals surface area contributed by atoms with Crippen molar-refractivity contribution in [1.82, 2.24) is 5.32 Å². The minimum absolute atomic E-state index is 0.0157. The van der Waals surface area contributed by atoms with Crippen LogP contribution < -0.4 is 11.1 Å². The van der Waals surface area contributed by atoms with Crippen LogP contribution in [0.4, 0.5) is 0 Å². The maximum atomic E-state index is 6.62. The highest BCUT2D eigenvalue weighted by Gasteiger charge is 2.35. The minimum atomic E-state index is 0.0157. The summed E-state index contributed by atoms with van der Waals surface area (Å²) in [4.78, 5) is 0. The van der Waals surface area contributed by atoms with Crippen molar-refractivity contribution in [2.45, 2.75) is 56.5 Å². The standard InChI is InChI=1S/C16H26N2/c1-18-15-11-5-6-12-16(15,17)13-7-10-14-8-3-2-4-9-14/h2-4,8-9,15,18H,5-7,10-13,17H2,1H3. The Kier molecular flexibility index (Phi) is 4.79. The van der Waals surface area contributed by atoms with Crippen LogP contribution in [0.1, 0.15) is 44.1 Å². The SMILES string of the molecule is CNC1CCCCC1(N)CCCc1ccccc1. The number of benzene rings is 1. The normalized spacial score (nSPS) is 28.2. The first-order valence-electron chi connectivity index (χ1n) is 7.25. The van der Waals surface area contributed by atoms with Gasteiger partial charge >= 0.3 is 0 Å². The van der Waals surface area contributed by atoms with E-state index in [4.69, 9.17) is 5.73 Å². The molecule has 3 N–H and O–H groups in total. The number of hydrogen-bond donors (Lipinski definition) is 2. The van der Waals surface area contributed by atoms with Crippen LogP contribution in [0, 0.1) is 0 Å². The van der Waals surface area contributed by atoms with E-state index in [0.29, 0.717) is 6.04 Å². The third-order valence-electron chi connectivity index (χ3n) is 4.38.